The van der Waals surface area contributed by atoms with E-state index in [0.29, 0.717) is 11.5 Å². The summed E-state index contributed by atoms with van der Waals surface area (Å²) >= 11 is 0. The lowest BCUT2D eigenvalue weighted by Gasteiger charge is -2.49. The fourth-order valence-electron chi connectivity index (χ4n) is 5.02. The van der Waals surface area contributed by atoms with Gasteiger partial charge in [0, 0.05) is 12.1 Å². The Labute approximate surface area is 120 Å². The highest BCUT2D eigenvalue weighted by Crippen LogP contribution is 2.55. The molecule has 20 heavy (non-hydrogen) atoms. The summed E-state index contributed by atoms with van der Waals surface area (Å²) in [5.41, 5.74) is 3.03. The third-order valence-electron chi connectivity index (χ3n) is 5.87. The van der Waals surface area contributed by atoms with Gasteiger partial charge in [-0.25, -0.2) is 0 Å². The third-order valence-corrected chi connectivity index (χ3v) is 5.87. The first kappa shape index (κ1) is 12.5. The Hall–Kier alpha value is -1.22. The van der Waals surface area contributed by atoms with Gasteiger partial charge in [0.2, 0.25) is 0 Å². The van der Waals surface area contributed by atoms with E-state index in [2.05, 4.69) is 11.0 Å². The maximum Gasteiger partial charge on any atom is 0.160 e. The summed E-state index contributed by atoms with van der Waals surface area (Å²) in [6.45, 7) is 2.39. The maximum absolute atomic E-state index is 10.1. The molecule has 0 amide bonds. The van der Waals surface area contributed by atoms with Crippen LogP contribution in [0.15, 0.2) is 12.1 Å². The van der Waals surface area contributed by atoms with E-state index >= 15 is 0 Å². The van der Waals surface area contributed by atoms with E-state index in [1.807, 2.05) is 6.07 Å². The van der Waals surface area contributed by atoms with Crippen molar-refractivity contribution in [2.75, 3.05) is 20.2 Å². The Morgan fingerprint density at radius 3 is 3.00 bits per heavy atom. The molecule has 1 saturated heterocycles. The molecule has 2 heterocycles. The first-order valence-corrected chi connectivity index (χ1v) is 7.91. The number of nitrogens with zero attached hydrogens (tertiary/aromatic N) is 1. The van der Waals surface area contributed by atoms with Crippen molar-refractivity contribution in [1.29, 1.82) is 0 Å². The lowest BCUT2D eigenvalue weighted by Crippen LogP contribution is -2.50. The van der Waals surface area contributed by atoms with Gasteiger partial charge in [0.05, 0.1) is 7.11 Å². The van der Waals surface area contributed by atoms with Crippen molar-refractivity contribution >= 4 is 0 Å². The minimum absolute atomic E-state index is 0.243. The number of phenols is 1. The number of fused-ring (bicyclic) bond motifs is 1. The zero-order valence-corrected chi connectivity index (χ0v) is 12.2. The van der Waals surface area contributed by atoms with Crippen LogP contribution in [0.2, 0.25) is 0 Å². The molecule has 3 nitrogen and oxygen atoms in total. The molecule has 1 saturated carbocycles. The molecule has 1 aliphatic carbocycles. The minimum atomic E-state index is 0.243. The average Bonchev–Trinajstić information content (AvgIpc) is 2.86. The fraction of sp³-hybridized carbons (Fsp3) is 0.647. The molecule has 1 N–H and O–H groups in total. The number of hydrogen-bond acceptors (Lipinski definition) is 3. The van der Waals surface area contributed by atoms with E-state index in [4.69, 9.17) is 4.74 Å². The van der Waals surface area contributed by atoms with Crippen molar-refractivity contribution < 1.29 is 9.84 Å². The van der Waals surface area contributed by atoms with Crippen molar-refractivity contribution in [2.24, 2.45) is 5.92 Å². The molecular formula is C17H23NO2. The van der Waals surface area contributed by atoms with E-state index in [1.165, 1.54) is 49.8 Å². The summed E-state index contributed by atoms with van der Waals surface area (Å²) in [6, 6.07) is 4.07. The van der Waals surface area contributed by atoms with Gasteiger partial charge in [0.1, 0.15) is 0 Å². The molecule has 2 aliphatic heterocycles. The van der Waals surface area contributed by atoms with Gasteiger partial charge >= 0.3 is 0 Å². The number of methoxy groups -OCH3 is 1. The lowest BCUT2D eigenvalue weighted by atomic mass is 9.66. The van der Waals surface area contributed by atoms with Crippen LogP contribution >= 0.6 is 0 Å². The number of phenolic OH excluding ortho intramolecular Hbond substituents is 1. The first-order chi connectivity index (χ1) is 9.75. The van der Waals surface area contributed by atoms with Gasteiger partial charge in [-0.15, -0.1) is 0 Å². The number of aromatic hydroxyl groups is 1. The van der Waals surface area contributed by atoms with Crippen LogP contribution in [-0.2, 0) is 12.0 Å². The van der Waals surface area contributed by atoms with Crippen LogP contribution in [0.4, 0.5) is 0 Å². The van der Waals surface area contributed by atoms with Gasteiger partial charge < -0.3 is 9.84 Å². The highest BCUT2D eigenvalue weighted by Gasteiger charge is 2.53. The minimum Gasteiger partial charge on any atom is -0.504 e. The van der Waals surface area contributed by atoms with Gasteiger partial charge in [0.15, 0.2) is 11.5 Å². The van der Waals surface area contributed by atoms with E-state index in [9.17, 15) is 5.11 Å². The molecule has 0 aromatic heterocycles. The molecule has 2 fully saturated rings. The highest BCUT2D eigenvalue weighted by atomic mass is 16.5. The Morgan fingerprint density at radius 2 is 2.15 bits per heavy atom. The van der Waals surface area contributed by atoms with Crippen molar-refractivity contribution in [3.8, 4) is 11.5 Å². The second kappa shape index (κ2) is 4.39. The van der Waals surface area contributed by atoms with Gasteiger partial charge in [0.25, 0.3) is 0 Å². The molecule has 1 aromatic rings. The average molecular weight is 273 g/mol. The molecule has 1 aromatic carbocycles. The summed E-state index contributed by atoms with van der Waals surface area (Å²) in [7, 11) is 1.65. The summed E-state index contributed by atoms with van der Waals surface area (Å²) in [5.74, 6) is 1.72. The van der Waals surface area contributed by atoms with Crippen LogP contribution < -0.4 is 4.74 Å². The van der Waals surface area contributed by atoms with Crippen LogP contribution in [0.25, 0.3) is 0 Å². The van der Waals surface area contributed by atoms with Crippen molar-refractivity contribution in [3.05, 3.63) is 23.3 Å². The second-order valence-electron chi connectivity index (χ2n) is 6.57. The Kier molecular flexibility index (Phi) is 2.75. The monoisotopic (exact) mass is 273 g/mol. The summed E-state index contributed by atoms with van der Waals surface area (Å²) in [5, 5.41) is 10.1. The van der Waals surface area contributed by atoms with Gasteiger partial charge in [-0.05, 0) is 61.4 Å². The van der Waals surface area contributed by atoms with Crippen LogP contribution in [0.5, 0.6) is 11.5 Å². The van der Waals surface area contributed by atoms with Gasteiger partial charge in [-0.1, -0.05) is 12.8 Å². The van der Waals surface area contributed by atoms with E-state index in [1.54, 1.807) is 7.11 Å². The number of ether oxygens (including phenoxy) is 1. The maximum atomic E-state index is 10.1. The predicted octanol–water partition coefficient (Wildman–Crippen LogP) is 3.05. The molecule has 0 radical (unpaired) electrons. The van der Waals surface area contributed by atoms with E-state index in [0.717, 1.165) is 18.9 Å². The molecule has 3 aliphatic rings. The molecule has 108 valence electrons. The molecule has 1 spiro atoms. The van der Waals surface area contributed by atoms with E-state index < -0.39 is 0 Å². The molecular weight excluding hydrogens is 250 g/mol. The van der Waals surface area contributed by atoms with Crippen molar-refractivity contribution in [1.82, 2.24) is 4.90 Å². The zero-order chi connectivity index (χ0) is 13.7. The summed E-state index contributed by atoms with van der Waals surface area (Å²) in [4.78, 5) is 2.72. The van der Waals surface area contributed by atoms with Crippen molar-refractivity contribution in [2.45, 2.75) is 44.1 Å². The molecule has 3 heteroatoms. The summed E-state index contributed by atoms with van der Waals surface area (Å²) in [6.07, 6.45) is 7.74. The Bertz CT molecular complexity index is 542. The lowest BCUT2D eigenvalue weighted by molar-refractivity contribution is 0.0500. The number of benzene rings is 1. The number of hydrogen-bond donors (Lipinski definition) is 1. The first-order valence-electron chi connectivity index (χ1n) is 7.91. The predicted molar refractivity (Wildman–Crippen MR) is 78.2 cm³/mol. The molecule has 0 bridgehead atoms. The molecule has 2 atom stereocenters. The SMILES string of the molecule is COc1cc2c(cc1O)CCN1CC[C@@H]3CCCC[C@@]231. The smallest absolute Gasteiger partial charge is 0.160 e. The standard InChI is InChI=1S/C17H23NO2/c1-20-16-11-14-12(10-15(16)19)5-8-18-9-6-13-4-2-3-7-17(13,14)18/h10-11,13,19H,2-9H2,1H3/t13-,17-/m0/s1. The normalized spacial score (nSPS) is 32.4. The summed E-state index contributed by atoms with van der Waals surface area (Å²) < 4.78 is 5.37. The molecule has 4 rings (SSSR count). The second-order valence-corrected chi connectivity index (χ2v) is 6.57. The third kappa shape index (κ3) is 1.50. The largest absolute Gasteiger partial charge is 0.504 e. The van der Waals surface area contributed by atoms with Crippen LogP contribution in [0.1, 0.15) is 43.2 Å². The van der Waals surface area contributed by atoms with Crippen molar-refractivity contribution in [3.63, 3.8) is 0 Å². The van der Waals surface area contributed by atoms with Gasteiger partial charge in [-0.3, -0.25) is 4.90 Å². The Morgan fingerprint density at radius 1 is 1.25 bits per heavy atom. The Balaban J connectivity index is 1.90. The highest BCUT2D eigenvalue weighted by molar-refractivity contribution is 5.51. The molecule has 0 unspecified atom stereocenters. The quantitative estimate of drug-likeness (QED) is 0.853. The topological polar surface area (TPSA) is 32.7 Å². The fourth-order valence-corrected chi connectivity index (χ4v) is 5.02. The van der Waals surface area contributed by atoms with Gasteiger partial charge in [-0.2, -0.15) is 0 Å². The van der Waals surface area contributed by atoms with Crippen LogP contribution in [0.3, 0.4) is 0 Å². The van der Waals surface area contributed by atoms with Crippen LogP contribution in [0, 0.1) is 5.92 Å². The number of rotatable bonds is 1. The zero-order valence-electron chi connectivity index (χ0n) is 12.2. The van der Waals surface area contributed by atoms with Crippen LogP contribution in [-0.4, -0.2) is 30.2 Å². The van der Waals surface area contributed by atoms with E-state index in [-0.39, 0.29) is 5.54 Å².